The number of alkyl halides is 3. The lowest BCUT2D eigenvalue weighted by Gasteiger charge is -2.22. The summed E-state index contributed by atoms with van der Waals surface area (Å²) in [6.07, 6.45) is -2.70. The molecule has 1 aromatic carbocycles. The molecular weight excluding hydrogens is 351 g/mol. The maximum Gasteiger partial charge on any atom is 0.458 e. The number of aliphatic hydroxyl groups is 1. The predicted molar refractivity (Wildman–Crippen MR) is 85.1 cm³/mol. The lowest BCUT2D eigenvalue weighted by Crippen LogP contribution is -2.45. The van der Waals surface area contributed by atoms with Gasteiger partial charge in [0.25, 0.3) is 5.91 Å². The average Bonchev–Trinajstić information content (AvgIpc) is 3.04. The summed E-state index contributed by atoms with van der Waals surface area (Å²) in [4.78, 5) is 20.0. The van der Waals surface area contributed by atoms with Crippen LogP contribution in [0.25, 0.3) is 0 Å². The molecule has 1 aliphatic heterocycles. The van der Waals surface area contributed by atoms with Gasteiger partial charge in [-0.1, -0.05) is 29.4 Å². The molecule has 26 heavy (non-hydrogen) atoms. The van der Waals surface area contributed by atoms with Crippen LogP contribution >= 0.6 is 0 Å². The predicted octanol–water partition coefficient (Wildman–Crippen LogP) is 2.39. The molecule has 1 aliphatic rings. The normalized spacial score (nSPS) is 19.6. The zero-order chi connectivity index (χ0) is 18.8. The van der Waals surface area contributed by atoms with Gasteiger partial charge in [0.05, 0.1) is 12.1 Å². The highest BCUT2D eigenvalue weighted by Crippen LogP contribution is 2.38. The Morgan fingerprint density at radius 1 is 1.19 bits per heavy atom. The van der Waals surface area contributed by atoms with Gasteiger partial charge < -0.3 is 15.3 Å². The summed E-state index contributed by atoms with van der Waals surface area (Å²) in [7, 11) is 0. The number of aromatic nitrogens is 1. The Morgan fingerprint density at radius 2 is 1.85 bits per heavy atom. The van der Waals surface area contributed by atoms with E-state index >= 15 is 0 Å². The van der Waals surface area contributed by atoms with Crippen LogP contribution in [0.15, 0.2) is 53.9 Å². The summed E-state index contributed by atoms with van der Waals surface area (Å²) < 4.78 is 38.2. The van der Waals surface area contributed by atoms with E-state index in [4.69, 9.17) is 0 Å². The van der Waals surface area contributed by atoms with Crippen molar-refractivity contribution in [2.45, 2.75) is 24.9 Å². The number of rotatable bonds is 4. The van der Waals surface area contributed by atoms with Gasteiger partial charge in [0.15, 0.2) is 0 Å². The third-order valence-electron chi connectivity index (χ3n) is 3.84. The molecule has 136 valence electrons. The number of carbonyl (C=O) groups is 1. The maximum absolute atomic E-state index is 12.7. The minimum absolute atomic E-state index is 0.00260. The lowest BCUT2D eigenvalue weighted by atomic mass is 10.0. The number of nitrogens with one attached hydrogen (secondary N) is 1. The van der Waals surface area contributed by atoms with E-state index in [9.17, 15) is 23.1 Å². The van der Waals surface area contributed by atoms with E-state index in [1.54, 1.807) is 36.4 Å². The van der Waals surface area contributed by atoms with Gasteiger partial charge in [0.1, 0.15) is 0 Å². The zero-order valence-corrected chi connectivity index (χ0v) is 13.3. The van der Waals surface area contributed by atoms with Gasteiger partial charge in [0.2, 0.25) is 0 Å². The van der Waals surface area contributed by atoms with Crippen molar-refractivity contribution in [3.8, 4) is 0 Å². The highest BCUT2D eigenvalue weighted by Gasteiger charge is 2.60. The number of oxime groups is 1. The van der Waals surface area contributed by atoms with E-state index in [1.165, 1.54) is 12.4 Å². The van der Waals surface area contributed by atoms with Crippen LogP contribution in [-0.4, -0.2) is 33.7 Å². The number of pyridine rings is 1. The first-order chi connectivity index (χ1) is 12.3. The minimum atomic E-state index is -4.94. The van der Waals surface area contributed by atoms with Gasteiger partial charge in [-0.25, -0.2) is 0 Å². The number of hydrogen-bond acceptors (Lipinski definition) is 5. The molecule has 1 amide bonds. The van der Waals surface area contributed by atoms with Crippen LogP contribution in [0.2, 0.25) is 0 Å². The van der Waals surface area contributed by atoms with E-state index in [2.05, 4.69) is 20.3 Å². The van der Waals surface area contributed by atoms with Gasteiger partial charge in [-0.2, -0.15) is 13.2 Å². The SMILES string of the molecule is O=C(NCc1ccc(C2=NOC(O)(C(F)(F)F)C2)cc1)c1ccncc1. The fourth-order valence-electron chi connectivity index (χ4n) is 2.33. The smallest absolute Gasteiger partial charge is 0.350 e. The van der Waals surface area contributed by atoms with Crippen LogP contribution in [0, 0.1) is 0 Å². The summed E-state index contributed by atoms with van der Waals surface area (Å²) in [5.74, 6) is -3.56. The Morgan fingerprint density at radius 3 is 2.42 bits per heavy atom. The van der Waals surface area contributed by atoms with Gasteiger partial charge in [-0.3, -0.25) is 9.78 Å². The van der Waals surface area contributed by atoms with Crippen molar-refractivity contribution in [1.29, 1.82) is 0 Å². The van der Waals surface area contributed by atoms with Crippen LogP contribution in [0.5, 0.6) is 0 Å². The molecule has 0 saturated carbocycles. The Kier molecular flexibility index (Phi) is 4.64. The Labute approximate surface area is 146 Å². The van der Waals surface area contributed by atoms with Crippen LogP contribution < -0.4 is 5.32 Å². The number of carbonyl (C=O) groups excluding carboxylic acids is 1. The van der Waals surface area contributed by atoms with Crippen molar-refractivity contribution in [2.24, 2.45) is 5.16 Å². The van der Waals surface area contributed by atoms with E-state index in [-0.39, 0.29) is 18.2 Å². The van der Waals surface area contributed by atoms with Crippen LogP contribution in [0.1, 0.15) is 27.9 Å². The molecule has 0 aliphatic carbocycles. The summed E-state index contributed by atoms with van der Waals surface area (Å²) in [6.45, 7) is 0.247. The highest BCUT2D eigenvalue weighted by molar-refractivity contribution is 6.01. The number of hydrogen-bond donors (Lipinski definition) is 2. The first-order valence-corrected chi connectivity index (χ1v) is 7.60. The van der Waals surface area contributed by atoms with Crippen molar-refractivity contribution >= 4 is 11.6 Å². The van der Waals surface area contributed by atoms with Crippen LogP contribution in [-0.2, 0) is 11.4 Å². The van der Waals surface area contributed by atoms with Crippen molar-refractivity contribution in [2.75, 3.05) is 0 Å². The van der Waals surface area contributed by atoms with Crippen LogP contribution in [0.3, 0.4) is 0 Å². The minimum Gasteiger partial charge on any atom is -0.350 e. The van der Waals surface area contributed by atoms with Gasteiger partial charge in [-0.15, -0.1) is 0 Å². The third kappa shape index (κ3) is 3.67. The zero-order valence-electron chi connectivity index (χ0n) is 13.3. The number of halogens is 3. The summed E-state index contributed by atoms with van der Waals surface area (Å²) in [5.41, 5.74) is 1.62. The molecule has 6 nitrogen and oxygen atoms in total. The number of benzene rings is 1. The fourth-order valence-corrected chi connectivity index (χ4v) is 2.33. The van der Waals surface area contributed by atoms with E-state index in [0.717, 1.165) is 5.56 Å². The largest absolute Gasteiger partial charge is 0.458 e. The summed E-state index contributed by atoms with van der Waals surface area (Å²) >= 11 is 0. The molecule has 1 aromatic heterocycles. The first kappa shape index (κ1) is 17.9. The molecular formula is C17H14F3N3O3. The standard InChI is InChI=1S/C17H14F3N3O3/c18-17(19,20)16(25)9-14(23-26-16)12-3-1-11(2-4-12)10-22-15(24)13-5-7-21-8-6-13/h1-8,25H,9-10H2,(H,22,24). The number of nitrogens with zero attached hydrogens (tertiary/aromatic N) is 2. The Balaban J connectivity index is 1.60. The van der Waals surface area contributed by atoms with Crippen molar-refractivity contribution < 1.29 is 27.9 Å². The second-order valence-electron chi connectivity index (χ2n) is 5.70. The molecule has 0 saturated heterocycles. The second kappa shape index (κ2) is 6.75. The van der Waals surface area contributed by atoms with E-state index in [1.807, 2.05) is 0 Å². The fraction of sp³-hybridized carbons (Fsp3) is 0.235. The molecule has 1 atom stereocenters. The van der Waals surface area contributed by atoms with E-state index in [0.29, 0.717) is 11.1 Å². The Bertz CT molecular complexity index is 823. The summed E-state index contributed by atoms with van der Waals surface area (Å²) in [6, 6.07) is 9.57. The quantitative estimate of drug-likeness (QED) is 0.871. The molecule has 9 heteroatoms. The van der Waals surface area contributed by atoms with E-state index < -0.39 is 18.4 Å². The van der Waals surface area contributed by atoms with Crippen molar-refractivity contribution in [3.05, 3.63) is 65.5 Å². The van der Waals surface area contributed by atoms with Gasteiger partial charge in [-0.05, 0) is 23.3 Å². The molecule has 2 aromatic rings. The molecule has 0 bridgehead atoms. The average molecular weight is 365 g/mol. The maximum atomic E-state index is 12.7. The molecule has 2 heterocycles. The highest BCUT2D eigenvalue weighted by atomic mass is 19.4. The molecule has 1 unspecified atom stereocenters. The first-order valence-electron chi connectivity index (χ1n) is 7.60. The van der Waals surface area contributed by atoms with Gasteiger partial charge >= 0.3 is 12.0 Å². The monoisotopic (exact) mass is 365 g/mol. The molecule has 0 fully saturated rings. The molecule has 3 rings (SSSR count). The van der Waals surface area contributed by atoms with Crippen molar-refractivity contribution in [3.63, 3.8) is 0 Å². The molecule has 0 spiro atoms. The number of amides is 1. The molecule has 0 radical (unpaired) electrons. The summed E-state index contributed by atoms with van der Waals surface area (Å²) in [5, 5.41) is 15.5. The lowest BCUT2D eigenvalue weighted by molar-refractivity contribution is -0.355. The topological polar surface area (TPSA) is 83.8 Å². The second-order valence-corrected chi connectivity index (χ2v) is 5.70. The van der Waals surface area contributed by atoms with Crippen molar-refractivity contribution in [1.82, 2.24) is 10.3 Å². The van der Waals surface area contributed by atoms with Gasteiger partial charge in [0, 0.05) is 24.5 Å². The molecule has 2 N–H and O–H groups in total. The third-order valence-corrected chi connectivity index (χ3v) is 3.84. The Hall–Kier alpha value is -2.94. The van der Waals surface area contributed by atoms with Crippen LogP contribution in [0.4, 0.5) is 13.2 Å².